The van der Waals surface area contributed by atoms with Gasteiger partial charge in [-0.15, -0.1) is 13.2 Å². The first-order valence-corrected chi connectivity index (χ1v) is 9.29. The normalized spacial score (nSPS) is 18.2. The second kappa shape index (κ2) is 7.88. The van der Waals surface area contributed by atoms with Crippen LogP contribution in [0.4, 0.5) is 18.9 Å². The van der Waals surface area contributed by atoms with Crippen molar-refractivity contribution in [2.75, 3.05) is 4.90 Å². The maximum Gasteiger partial charge on any atom is 0.573 e. The number of aliphatic hydroxyl groups excluding tert-OH is 1. The molecule has 3 heterocycles. The molecule has 1 aliphatic rings. The first kappa shape index (κ1) is 21.2. The number of carbonyl (C=O) groups is 2. The van der Waals surface area contributed by atoms with Gasteiger partial charge in [-0.25, -0.2) is 0 Å². The molecule has 1 atom stereocenters. The van der Waals surface area contributed by atoms with E-state index in [2.05, 4.69) is 9.72 Å². The Balaban J connectivity index is 1.88. The third-order valence-electron chi connectivity index (χ3n) is 4.76. The Bertz CT molecular complexity index is 1220. The molecular weight excluding hydrogens is 429 g/mol. The molecule has 2 aromatic heterocycles. The lowest BCUT2D eigenvalue weighted by Crippen LogP contribution is -2.29. The zero-order valence-electron chi connectivity index (χ0n) is 16.5. The van der Waals surface area contributed by atoms with Crippen LogP contribution in [-0.2, 0) is 9.59 Å². The number of pyridine rings is 1. The summed E-state index contributed by atoms with van der Waals surface area (Å²) in [5.74, 6) is -2.46. The Hall–Kier alpha value is -4.08. The quantitative estimate of drug-likeness (QED) is 0.362. The number of anilines is 1. The number of hydrogen-bond donors (Lipinski definition) is 1. The number of rotatable bonds is 4. The van der Waals surface area contributed by atoms with Crippen molar-refractivity contribution in [3.05, 3.63) is 83.6 Å². The first-order chi connectivity index (χ1) is 15.2. The fourth-order valence-electron chi connectivity index (χ4n) is 3.46. The summed E-state index contributed by atoms with van der Waals surface area (Å²) in [7, 11) is 0. The summed E-state index contributed by atoms with van der Waals surface area (Å²) < 4.78 is 47.6. The topological polar surface area (TPSA) is 92.9 Å². The van der Waals surface area contributed by atoms with E-state index >= 15 is 0 Å². The van der Waals surface area contributed by atoms with Gasteiger partial charge >= 0.3 is 6.36 Å². The van der Waals surface area contributed by atoms with Gasteiger partial charge < -0.3 is 14.3 Å². The number of furan rings is 1. The molecule has 0 saturated carbocycles. The van der Waals surface area contributed by atoms with Crippen LogP contribution in [0.1, 0.15) is 23.1 Å². The number of nitrogens with zero attached hydrogens (tertiary/aromatic N) is 2. The number of benzene rings is 1. The number of halogens is 3. The standard InChI is InChI=1S/C22H15F3N2O5/c1-12-5-6-16(31-12)18-17(19(28)13-7-9-26-10-8-13)20(29)21(30)27(18)14-3-2-4-15(11-14)32-22(23,24)25/h2-11,18,28H,1H3/b19-17-. The minimum atomic E-state index is -4.94. The van der Waals surface area contributed by atoms with E-state index in [1.54, 1.807) is 13.0 Å². The Morgan fingerprint density at radius 1 is 1.12 bits per heavy atom. The average Bonchev–Trinajstić information content (AvgIpc) is 3.28. The van der Waals surface area contributed by atoms with E-state index in [1.807, 2.05) is 0 Å². The molecule has 164 valence electrons. The Morgan fingerprint density at radius 3 is 2.47 bits per heavy atom. The zero-order valence-corrected chi connectivity index (χ0v) is 16.5. The lowest BCUT2D eigenvalue weighted by molar-refractivity contribution is -0.274. The molecule has 1 amide bonds. The van der Waals surface area contributed by atoms with Crippen molar-refractivity contribution in [2.45, 2.75) is 19.3 Å². The van der Waals surface area contributed by atoms with Crippen molar-refractivity contribution in [1.29, 1.82) is 0 Å². The third-order valence-corrected chi connectivity index (χ3v) is 4.76. The number of carbonyl (C=O) groups excluding carboxylic acids is 2. The fraction of sp³-hybridized carbons (Fsp3) is 0.136. The summed E-state index contributed by atoms with van der Waals surface area (Å²) in [5, 5.41) is 10.9. The molecule has 1 N–H and O–H groups in total. The molecule has 10 heteroatoms. The van der Waals surface area contributed by atoms with Gasteiger partial charge in [0.25, 0.3) is 11.7 Å². The van der Waals surface area contributed by atoms with E-state index in [0.717, 1.165) is 17.0 Å². The van der Waals surface area contributed by atoms with Gasteiger partial charge in [0, 0.05) is 29.7 Å². The van der Waals surface area contributed by atoms with Crippen LogP contribution in [0.5, 0.6) is 5.75 Å². The van der Waals surface area contributed by atoms with Crippen LogP contribution in [0, 0.1) is 6.92 Å². The summed E-state index contributed by atoms with van der Waals surface area (Å²) in [6.07, 6.45) is -2.14. The van der Waals surface area contributed by atoms with Crippen LogP contribution in [0.3, 0.4) is 0 Å². The van der Waals surface area contributed by atoms with E-state index < -0.39 is 35.6 Å². The number of alkyl halides is 3. The summed E-state index contributed by atoms with van der Waals surface area (Å²) in [4.78, 5) is 30.7. The van der Waals surface area contributed by atoms with E-state index in [0.29, 0.717) is 5.76 Å². The Morgan fingerprint density at radius 2 is 1.84 bits per heavy atom. The molecule has 1 fully saturated rings. The SMILES string of the molecule is Cc1ccc(C2/C(=C(/O)c3ccncc3)C(=O)C(=O)N2c2cccc(OC(F)(F)F)c2)o1. The highest BCUT2D eigenvalue weighted by Gasteiger charge is 2.48. The summed E-state index contributed by atoms with van der Waals surface area (Å²) in [5.41, 5.74) is -0.0696. The van der Waals surface area contributed by atoms with E-state index in [-0.39, 0.29) is 22.6 Å². The van der Waals surface area contributed by atoms with E-state index in [9.17, 15) is 27.9 Å². The van der Waals surface area contributed by atoms with E-state index in [4.69, 9.17) is 4.42 Å². The number of ketones is 1. The zero-order chi connectivity index (χ0) is 23.0. The van der Waals surface area contributed by atoms with Crippen molar-refractivity contribution in [1.82, 2.24) is 4.98 Å². The molecular formula is C22H15F3N2O5. The van der Waals surface area contributed by atoms with Gasteiger partial charge in [0.1, 0.15) is 29.1 Å². The van der Waals surface area contributed by atoms with Gasteiger partial charge in [-0.05, 0) is 43.3 Å². The molecule has 4 rings (SSSR count). The number of amides is 1. The first-order valence-electron chi connectivity index (χ1n) is 9.29. The van der Waals surface area contributed by atoms with Gasteiger partial charge in [0.15, 0.2) is 0 Å². The highest BCUT2D eigenvalue weighted by Crippen LogP contribution is 2.43. The maximum absolute atomic E-state index is 13.0. The van der Waals surface area contributed by atoms with Crippen LogP contribution in [0.15, 0.2) is 70.9 Å². The van der Waals surface area contributed by atoms with Gasteiger partial charge in [-0.2, -0.15) is 0 Å². The number of aryl methyl sites for hydroxylation is 1. The number of hydrogen-bond acceptors (Lipinski definition) is 6. The van der Waals surface area contributed by atoms with Crippen molar-refractivity contribution < 1.29 is 37.0 Å². The third kappa shape index (κ3) is 3.94. The smallest absolute Gasteiger partial charge is 0.507 e. The van der Waals surface area contributed by atoms with Gasteiger partial charge in [0.05, 0.1) is 5.57 Å². The number of Topliss-reactive ketones (excluding diaryl/α,β-unsaturated/α-hetero) is 1. The minimum absolute atomic E-state index is 0.0401. The monoisotopic (exact) mass is 444 g/mol. The van der Waals surface area contributed by atoms with E-state index in [1.165, 1.54) is 42.7 Å². The van der Waals surface area contributed by atoms with Gasteiger partial charge in [-0.1, -0.05) is 6.07 Å². The summed E-state index contributed by atoms with van der Waals surface area (Å²) >= 11 is 0. The van der Waals surface area contributed by atoms with Gasteiger partial charge in [-0.3, -0.25) is 19.5 Å². The van der Waals surface area contributed by atoms with Crippen LogP contribution >= 0.6 is 0 Å². The lowest BCUT2D eigenvalue weighted by Gasteiger charge is -2.24. The predicted octanol–water partition coefficient (Wildman–Crippen LogP) is 4.51. The van der Waals surface area contributed by atoms with Crippen molar-refractivity contribution in [3.8, 4) is 5.75 Å². The van der Waals surface area contributed by atoms with Crippen LogP contribution < -0.4 is 9.64 Å². The van der Waals surface area contributed by atoms with Gasteiger partial charge in [0.2, 0.25) is 0 Å². The highest BCUT2D eigenvalue weighted by molar-refractivity contribution is 6.51. The second-order valence-corrected chi connectivity index (χ2v) is 6.90. The Labute approximate surface area is 179 Å². The fourth-order valence-corrected chi connectivity index (χ4v) is 3.46. The number of aromatic nitrogens is 1. The summed E-state index contributed by atoms with van der Waals surface area (Å²) in [6.45, 7) is 1.65. The van der Waals surface area contributed by atoms with Crippen LogP contribution in [0.2, 0.25) is 0 Å². The minimum Gasteiger partial charge on any atom is -0.507 e. The molecule has 1 aromatic carbocycles. The Kier molecular flexibility index (Phi) is 5.21. The molecule has 0 radical (unpaired) electrons. The second-order valence-electron chi connectivity index (χ2n) is 6.90. The molecule has 3 aromatic rings. The maximum atomic E-state index is 13.0. The van der Waals surface area contributed by atoms with Crippen molar-refractivity contribution in [2.24, 2.45) is 0 Å². The molecule has 0 bridgehead atoms. The molecule has 0 aliphatic carbocycles. The molecule has 32 heavy (non-hydrogen) atoms. The van der Waals surface area contributed by atoms with Crippen LogP contribution in [-0.4, -0.2) is 28.1 Å². The molecule has 1 saturated heterocycles. The van der Waals surface area contributed by atoms with Crippen molar-refractivity contribution in [3.63, 3.8) is 0 Å². The number of ether oxygens (including phenoxy) is 1. The lowest BCUT2D eigenvalue weighted by atomic mass is 9.99. The number of aliphatic hydroxyl groups is 1. The molecule has 7 nitrogen and oxygen atoms in total. The average molecular weight is 444 g/mol. The molecule has 0 spiro atoms. The molecule has 1 aliphatic heterocycles. The predicted molar refractivity (Wildman–Crippen MR) is 106 cm³/mol. The van der Waals surface area contributed by atoms with Crippen LogP contribution in [0.25, 0.3) is 5.76 Å². The summed E-state index contributed by atoms with van der Waals surface area (Å²) in [6, 6.07) is 9.46. The molecule has 1 unspecified atom stereocenters. The van der Waals surface area contributed by atoms with Crippen molar-refractivity contribution >= 4 is 23.1 Å². The largest absolute Gasteiger partial charge is 0.573 e. The highest BCUT2D eigenvalue weighted by atomic mass is 19.4.